The third-order valence-corrected chi connectivity index (χ3v) is 6.11. The van der Waals surface area contributed by atoms with Crippen molar-refractivity contribution in [3.05, 3.63) is 29.6 Å². The third-order valence-electron chi connectivity index (χ3n) is 4.69. The van der Waals surface area contributed by atoms with Gasteiger partial charge in [0.25, 0.3) is 6.10 Å². The molecule has 1 saturated heterocycles. The number of ether oxygens (including phenoxy) is 1. The summed E-state index contributed by atoms with van der Waals surface area (Å²) in [5.74, 6) is -0.891. The Morgan fingerprint density at radius 2 is 1.71 bits per heavy atom. The molecule has 0 aliphatic carbocycles. The lowest BCUT2D eigenvalue weighted by Crippen LogP contribution is -2.49. The van der Waals surface area contributed by atoms with Gasteiger partial charge >= 0.3 is 18.4 Å². The molecule has 1 aliphatic heterocycles. The lowest BCUT2D eigenvalue weighted by atomic mass is 9.97. The van der Waals surface area contributed by atoms with Crippen LogP contribution >= 0.6 is 0 Å². The maximum absolute atomic E-state index is 13.3. The average Bonchev–Trinajstić information content (AvgIpc) is 2.65. The van der Waals surface area contributed by atoms with E-state index < -0.39 is 40.4 Å². The average molecular weight is 480 g/mol. The van der Waals surface area contributed by atoms with E-state index in [4.69, 9.17) is 0 Å². The van der Waals surface area contributed by atoms with Gasteiger partial charge < -0.3 is 9.64 Å². The molecule has 2 rings (SSSR count). The van der Waals surface area contributed by atoms with Crippen molar-refractivity contribution in [2.24, 2.45) is 5.92 Å². The van der Waals surface area contributed by atoms with Crippen molar-refractivity contribution in [3.63, 3.8) is 0 Å². The van der Waals surface area contributed by atoms with Gasteiger partial charge in [0.05, 0.1) is 4.90 Å². The molecule has 1 amide bonds. The summed E-state index contributed by atoms with van der Waals surface area (Å²) < 4.78 is 119. The first kappa shape index (κ1) is 25.2. The van der Waals surface area contributed by atoms with Crippen LogP contribution in [-0.2, 0) is 14.8 Å². The van der Waals surface area contributed by atoms with Crippen molar-refractivity contribution in [3.8, 4) is 0 Å². The van der Waals surface area contributed by atoms with Gasteiger partial charge in [0.15, 0.2) is 0 Å². The molecule has 0 radical (unpaired) electrons. The van der Waals surface area contributed by atoms with Gasteiger partial charge in [-0.15, -0.1) is 0 Å². The van der Waals surface area contributed by atoms with Gasteiger partial charge in [0.1, 0.15) is 5.82 Å². The lowest BCUT2D eigenvalue weighted by molar-refractivity contribution is -0.308. The largest absolute Gasteiger partial charge is 0.434 e. The first-order chi connectivity index (χ1) is 14.1. The second kappa shape index (κ2) is 9.18. The van der Waals surface area contributed by atoms with Crippen LogP contribution in [-0.4, -0.2) is 57.5 Å². The van der Waals surface area contributed by atoms with Crippen LogP contribution in [0.3, 0.4) is 0 Å². The minimum absolute atomic E-state index is 0.0740. The molecule has 0 aromatic heterocycles. The molecule has 1 fully saturated rings. The summed E-state index contributed by atoms with van der Waals surface area (Å²) in [7, 11) is -3.95. The second-order valence-corrected chi connectivity index (χ2v) is 8.81. The quantitative estimate of drug-likeness (QED) is 0.652. The van der Waals surface area contributed by atoms with Crippen LogP contribution in [0.15, 0.2) is 23.1 Å². The van der Waals surface area contributed by atoms with E-state index in [1.165, 1.54) is 6.92 Å². The van der Waals surface area contributed by atoms with Crippen molar-refractivity contribution < 1.29 is 48.7 Å². The van der Waals surface area contributed by atoms with Crippen LogP contribution in [0.5, 0.6) is 0 Å². The fourth-order valence-corrected chi connectivity index (χ4v) is 4.11. The highest BCUT2D eigenvalue weighted by Crippen LogP contribution is 2.36. The molecular weight excluding hydrogens is 461 g/mol. The molecule has 31 heavy (non-hydrogen) atoms. The minimum atomic E-state index is -5.80. The number of rotatable bonds is 5. The van der Waals surface area contributed by atoms with Crippen molar-refractivity contribution in [2.75, 3.05) is 19.6 Å². The minimum Gasteiger partial charge on any atom is -0.426 e. The highest BCUT2D eigenvalue weighted by atomic mass is 32.2. The van der Waals surface area contributed by atoms with E-state index in [-0.39, 0.29) is 48.9 Å². The normalized spacial score (nSPS) is 16.6. The fourth-order valence-electron chi connectivity index (χ4n) is 2.91. The smallest absolute Gasteiger partial charge is 0.426 e. The molecule has 0 unspecified atom stereocenters. The molecule has 0 atom stereocenters. The summed E-state index contributed by atoms with van der Waals surface area (Å²) in [5.41, 5.74) is 0.130. The Morgan fingerprint density at radius 3 is 2.19 bits per heavy atom. The number of carbonyl (C=O) groups excluding carboxylic acids is 1. The van der Waals surface area contributed by atoms with Crippen LogP contribution < -0.4 is 4.72 Å². The van der Waals surface area contributed by atoms with Crippen LogP contribution in [0.25, 0.3) is 0 Å². The summed E-state index contributed by atoms with van der Waals surface area (Å²) in [6.07, 6.45) is -17.3. The Labute approximate surface area is 173 Å². The van der Waals surface area contributed by atoms with Gasteiger partial charge in [-0.25, -0.2) is 22.3 Å². The molecule has 176 valence electrons. The number of piperidine rings is 1. The van der Waals surface area contributed by atoms with E-state index in [2.05, 4.69) is 9.46 Å². The zero-order chi connectivity index (χ0) is 23.6. The van der Waals surface area contributed by atoms with E-state index in [0.717, 1.165) is 18.2 Å². The zero-order valence-corrected chi connectivity index (χ0v) is 16.9. The fraction of sp³-hybridized carbons (Fsp3) is 0.588. The van der Waals surface area contributed by atoms with Crippen molar-refractivity contribution >= 4 is 16.1 Å². The molecule has 0 spiro atoms. The zero-order valence-electron chi connectivity index (χ0n) is 16.1. The summed E-state index contributed by atoms with van der Waals surface area (Å²) in [6, 6.07) is 3.23. The number of benzene rings is 1. The van der Waals surface area contributed by atoms with Crippen molar-refractivity contribution in [1.29, 1.82) is 0 Å². The van der Waals surface area contributed by atoms with Gasteiger partial charge in [-0.1, -0.05) is 0 Å². The van der Waals surface area contributed by atoms with E-state index in [1.807, 2.05) is 0 Å². The second-order valence-electron chi connectivity index (χ2n) is 7.04. The molecule has 1 aromatic rings. The Kier molecular flexibility index (Phi) is 7.46. The predicted octanol–water partition coefficient (Wildman–Crippen LogP) is 3.75. The standard InChI is InChI=1S/C17H19F7N2O4S/c1-10-8-12(2-3-13(10)18)31(28,29)25-9-11-4-6-26(7-5-11)15(27)30-14(16(19,20)21)17(22,23)24/h2-3,8,11,14,25H,4-7,9H2,1H3. The number of sulfonamides is 1. The van der Waals surface area contributed by atoms with Gasteiger partial charge in [-0.2, -0.15) is 26.3 Å². The van der Waals surface area contributed by atoms with E-state index in [1.54, 1.807) is 0 Å². The Morgan fingerprint density at radius 1 is 1.16 bits per heavy atom. The van der Waals surface area contributed by atoms with Gasteiger partial charge in [0, 0.05) is 19.6 Å². The number of nitrogens with zero attached hydrogens (tertiary/aromatic N) is 1. The number of amides is 1. The number of halogens is 7. The van der Waals surface area contributed by atoms with Crippen LogP contribution in [0.4, 0.5) is 35.5 Å². The topological polar surface area (TPSA) is 75.7 Å². The van der Waals surface area contributed by atoms with Crippen LogP contribution in [0.2, 0.25) is 0 Å². The monoisotopic (exact) mass is 480 g/mol. The third kappa shape index (κ3) is 6.69. The summed E-state index contributed by atoms with van der Waals surface area (Å²) in [4.78, 5) is 12.3. The van der Waals surface area contributed by atoms with E-state index >= 15 is 0 Å². The number of hydrogen-bond acceptors (Lipinski definition) is 4. The Hall–Kier alpha value is -2.09. The number of carbonyl (C=O) groups is 1. The van der Waals surface area contributed by atoms with Gasteiger partial charge in [0.2, 0.25) is 10.0 Å². The number of alkyl halides is 6. The molecule has 0 saturated carbocycles. The van der Waals surface area contributed by atoms with E-state index in [0.29, 0.717) is 4.90 Å². The highest BCUT2D eigenvalue weighted by molar-refractivity contribution is 7.89. The molecule has 6 nitrogen and oxygen atoms in total. The highest BCUT2D eigenvalue weighted by Gasteiger charge is 2.60. The number of aryl methyl sites for hydroxylation is 1. The molecule has 1 heterocycles. The lowest BCUT2D eigenvalue weighted by Gasteiger charge is -2.33. The molecule has 1 N–H and O–H groups in total. The predicted molar refractivity (Wildman–Crippen MR) is 93.0 cm³/mol. The molecule has 1 aliphatic rings. The first-order valence-corrected chi connectivity index (χ1v) is 10.4. The van der Waals surface area contributed by atoms with E-state index in [9.17, 15) is 43.9 Å². The summed E-state index contributed by atoms with van der Waals surface area (Å²) in [6.45, 7) is 0.910. The summed E-state index contributed by atoms with van der Waals surface area (Å²) in [5, 5.41) is 0. The van der Waals surface area contributed by atoms with Crippen LogP contribution in [0, 0.1) is 18.7 Å². The van der Waals surface area contributed by atoms with Crippen molar-refractivity contribution in [2.45, 2.75) is 43.1 Å². The Balaban J connectivity index is 1.89. The molecule has 14 heteroatoms. The number of hydrogen-bond donors (Lipinski definition) is 1. The van der Waals surface area contributed by atoms with Gasteiger partial charge in [-0.05, 0) is 49.4 Å². The maximum Gasteiger partial charge on any atom is 0.434 e. The number of nitrogens with one attached hydrogen (secondary N) is 1. The van der Waals surface area contributed by atoms with Crippen molar-refractivity contribution in [1.82, 2.24) is 9.62 Å². The molecular formula is C17H19F7N2O4S. The Bertz CT molecular complexity index is 881. The number of likely N-dealkylation sites (tertiary alicyclic amines) is 1. The SMILES string of the molecule is Cc1cc(S(=O)(=O)NCC2CCN(C(=O)OC(C(F)(F)F)C(F)(F)F)CC2)ccc1F. The molecule has 1 aromatic carbocycles. The van der Waals surface area contributed by atoms with Gasteiger partial charge in [-0.3, -0.25) is 0 Å². The summed E-state index contributed by atoms with van der Waals surface area (Å²) >= 11 is 0. The first-order valence-electron chi connectivity index (χ1n) is 8.96. The maximum atomic E-state index is 13.3. The molecule has 0 bridgehead atoms. The van der Waals surface area contributed by atoms with Crippen LogP contribution in [0.1, 0.15) is 18.4 Å².